The highest BCUT2D eigenvalue weighted by Gasteiger charge is 2.28. The molecular weight excluding hydrogens is 440 g/mol. The molecule has 0 aliphatic rings. The van der Waals surface area contributed by atoms with Crippen LogP contribution in [0.25, 0.3) is 12.2 Å². The molecule has 0 amide bonds. The molecule has 0 saturated heterocycles. The van der Waals surface area contributed by atoms with Crippen molar-refractivity contribution in [2.24, 2.45) is 0 Å². The number of ketones is 2. The van der Waals surface area contributed by atoms with E-state index in [2.05, 4.69) is 24.3 Å². The second-order valence-electron chi connectivity index (χ2n) is 8.86. The van der Waals surface area contributed by atoms with Crippen molar-refractivity contribution in [1.29, 1.82) is 0 Å². The van der Waals surface area contributed by atoms with Gasteiger partial charge in [0, 0.05) is 12.8 Å². The molecule has 0 unspecified atom stereocenters. The van der Waals surface area contributed by atoms with E-state index in [9.17, 15) is 9.59 Å². The predicted octanol–water partition coefficient (Wildman–Crippen LogP) is 7.90. The summed E-state index contributed by atoms with van der Waals surface area (Å²) in [6.07, 6.45) is 7.67. The number of carbonyl (C=O) groups excluding carboxylic acids is 2. The molecule has 178 valence electrons. The molecule has 0 bridgehead atoms. The third-order valence-electron chi connectivity index (χ3n) is 6.31. The first-order valence-corrected chi connectivity index (χ1v) is 12.3. The van der Waals surface area contributed by atoms with E-state index in [0.717, 1.165) is 22.3 Å². The van der Waals surface area contributed by atoms with Crippen LogP contribution in [0.1, 0.15) is 46.9 Å². The smallest absolute Gasteiger partial charge is 0.156 e. The van der Waals surface area contributed by atoms with Crippen molar-refractivity contribution in [3.8, 4) is 0 Å². The summed E-state index contributed by atoms with van der Waals surface area (Å²) in [6.45, 7) is 0. The van der Waals surface area contributed by atoms with Gasteiger partial charge in [-0.2, -0.15) is 0 Å². The van der Waals surface area contributed by atoms with Crippen molar-refractivity contribution >= 4 is 23.7 Å². The summed E-state index contributed by atoms with van der Waals surface area (Å²) >= 11 is 0. The van der Waals surface area contributed by atoms with E-state index in [-0.39, 0.29) is 23.4 Å². The Balaban J connectivity index is 1.61. The van der Waals surface area contributed by atoms with Crippen LogP contribution < -0.4 is 0 Å². The Labute approximate surface area is 213 Å². The normalized spacial score (nSPS) is 13.0. The maximum absolute atomic E-state index is 13.1. The first-order chi connectivity index (χ1) is 17.7. The zero-order chi connectivity index (χ0) is 25.0. The molecule has 36 heavy (non-hydrogen) atoms. The Kier molecular flexibility index (Phi) is 8.94. The Hall–Kier alpha value is -4.30. The van der Waals surface area contributed by atoms with Gasteiger partial charge in [0.1, 0.15) is 0 Å². The van der Waals surface area contributed by atoms with Crippen molar-refractivity contribution in [1.82, 2.24) is 0 Å². The zero-order valence-electron chi connectivity index (χ0n) is 20.2. The Morgan fingerprint density at radius 3 is 1.11 bits per heavy atom. The minimum atomic E-state index is -0.129. The molecule has 4 aromatic carbocycles. The quantitative estimate of drug-likeness (QED) is 0.209. The second-order valence-corrected chi connectivity index (χ2v) is 8.86. The highest BCUT2D eigenvalue weighted by Crippen LogP contribution is 2.39. The zero-order valence-corrected chi connectivity index (χ0v) is 20.2. The fourth-order valence-electron chi connectivity index (χ4n) is 4.46. The molecule has 0 heterocycles. The van der Waals surface area contributed by atoms with Crippen molar-refractivity contribution in [2.45, 2.75) is 24.7 Å². The first kappa shape index (κ1) is 24.8. The summed E-state index contributed by atoms with van der Waals surface area (Å²) in [7, 11) is 0. The van der Waals surface area contributed by atoms with E-state index in [1.165, 1.54) is 0 Å². The van der Waals surface area contributed by atoms with Gasteiger partial charge in [-0.15, -0.1) is 0 Å². The maximum atomic E-state index is 13.1. The summed E-state index contributed by atoms with van der Waals surface area (Å²) in [5.41, 5.74) is 4.10. The average molecular weight is 471 g/mol. The summed E-state index contributed by atoms with van der Waals surface area (Å²) in [5.74, 6) is -0.173. The van der Waals surface area contributed by atoms with E-state index in [4.69, 9.17) is 0 Å². The van der Waals surface area contributed by atoms with E-state index < -0.39 is 0 Å². The number of carbonyl (C=O) groups is 2. The molecule has 0 aliphatic carbocycles. The van der Waals surface area contributed by atoms with Crippen LogP contribution in [0.4, 0.5) is 0 Å². The predicted molar refractivity (Wildman–Crippen MR) is 149 cm³/mol. The number of allylic oxidation sites excluding steroid dienone is 2. The molecule has 2 heteroatoms. The van der Waals surface area contributed by atoms with Crippen molar-refractivity contribution in [2.75, 3.05) is 0 Å². The average Bonchev–Trinajstić information content (AvgIpc) is 2.95. The van der Waals surface area contributed by atoms with E-state index in [0.29, 0.717) is 12.8 Å². The van der Waals surface area contributed by atoms with Gasteiger partial charge in [0.05, 0.1) is 0 Å². The number of hydrogen-bond donors (Lipinski definition) is 0. The summed E-state index contributed by atoms with van der Waals surface area (Å²) in [5, 5.41) is 0. The van der Waals surface area contributed by atoms with Crippen LogP contribution in [0, 0.1) is 0 Å². The van der Waals surface area contributed by atoms with Gasteiger partial charge in [-0.25, -0.2) is 0 Å². The van der Waals surface area contributed by atoms with Gasteiger partial charge in [0.2, 0.25) is 0 Å². The molecule has 4 rings (SSSR count). The van der Waals surface area contributed by atoms with Crippen molar-refractivity contribution < 1.29 is 9.59 Å². The lowest BCUT2D eigenvalue weighted by atomic mass is 9.76. The second kappa shape index (κ2) is 13.0. The van der Waals surface area contributed by atoms with Gasteiger partial charge in [-0.1, -0.05) is 133 Å². The fourth-order valence-corrected chi connectivity index (χ4v) is 4.46. The lowest BCUT2D eigenvalue weighted by Crippen LogP contribution is -2.18. The van der Waals surface area contributed by atoms with E-state index in [1.54, 1.807) is 12.2 Å². The van der Waals surface area contributed by atoms with Crippen molar-refractivity contribution in [3.63, 3.8) is 0 Å². The summed E-state index contributed by atoms with van der Waals surface area (Å²) in [4.78, 5) is 26.3. The van der Waals surface area contributed by atoms with Crippen LogP contribution in [-0.4, -0.2) is 11.6 Å². The maximum Gasteiger partial charge on any atom is 0.156 e. The molecular formula is C34H30O2. The fraction of sp³-hybridized carbons (Fsp3) is 0.118. The third-order valence-corrected chi connectivity index (χ3v) is 6.31. The molecule has 0 radical (unpaired) electrons. The van der Waals surface area contributed by atoms with E-state index in [1.807, 2.05) is 109 Å². The molecule has 0 aromatic heterocycles. The highest BCUT2D eigenvalue weighted by molar-refractivity contribution is 5.95. The van der Waals surface area contributed by atoms with Gasteiger partial charge in [-0.3, -0.25) is 9.59 Å². The topological polar surface area (TPSA) is 34.1 Å². The van der Waals surface area contributed by atoms with Crippen LogP contribution in [0.5, 0.6) is 0 Å². The number of rotatable bonds is 11. The Morgan fingerprint density at radius 2 is 0.778 bits per heavy atom. The molecule has 2 atom stereocenters. The van der Waals surface area contributed by atoms with Gasteiger partial charge in [-0.05, 0) is 46.2 Å². The highest BCUT2D eigenvalue weighted by atomic mass is 16.1. The summed E-state index contributed by atoms with van der Waals surface area (Å²) in [6, 6.07) is 39.8. The van der Waals surface area contributed by atoms with Crippen LogP contribution in [-0.2, 0) is 9.59 Å². The molecule has 0 saturated carbocycles. The van der Waals surface area contributed by atoms with Gasteiger partial charge in [0.25, 0.3) is 0 Å². The Bertz CT molecular complexity index is 1190. The molecule has 0 spiro atoms. The van der Waals surface area contributed by atoms with Crippen LogP contribution >= 0.6 is 0 Å². The molecule has 2 nitrogen and oxygen atoms in total. The first-order valence-electron chi connectivity index (χ1n) is 12.3. The van der Waals surface area contributed by atoms with Gasteiger partial charge in [0.15, 0.2) is 11.6 Å². The number of hydrogen-bond acceptors (Lipinski definition) is 2. The monoisotopic (exact) mass is 470 g/mol. The SMILES string of the molecule is O=C(/C=C\c1ccccc1)C[C@@H](c1ccccc1)[C@@H](CC(=O)/C=C/c1ccccc1)c1ccccc1. The minimum Gasteiger partial charge on any atom is -0.295 e. The lowest BCUT2D eigenvalue weighted by Gasteiger charge is -2.27. The number of benzene rings is 4. The largest absolute Gasteiger partial charge is 0.295 e. The van der Waals surface area contributed by atoms with Crippen LogP contribution in [0.15, 0.2) is 133 Å². The molecule has 0 fully saturated rings. The standard InChI is InChI=1S/C34H30O2/c35-31(23-21-27-13-5-1-6-14-27)25-33(29-17-9-3-10-18-29)34(30-19-11-4-12-20-30)26-32(36)24-22-28-15-7-2-8-16-28/h1-24,33-34H,25-26H2/b23-21-,24-22+/t33-,34-/m0/s1. The molecule has 0 N–H and O–H groups in total. The Morgan fingerprint density at radius 1 is 0.472 bits per heavy atom. The van der Waals surface area contributed by atoms with Crippen LogP contribution in [0.3, 0.4) is 0 Å². The van der Waals surface area contributed by atoms with E-state index >= 15 is 0 Å². The van der Waals surface area contributed by atoms with Gasteiger partial charge < -0.3 is 0 Å². The van der Waals surface area contributed by atoms with Crippen molar-refractivity contribution in [3.05, 3.63) is 156 Å². The lowest BCUT2D eigenvalue weighted by molar-refractivity contribution is -0.117. The minimum absolute atomic E-state index is 0.0425. The summed E-state index contributed by atoms with van der Waals surface area (Å²) < 4.78 is 0. The third kappa shape index (κ3) is 7.35. The van der Waals surface area contributed by atoms with Gasteiger partial charge >= 0.3 is 0 Å². The van der Waals surface area contributed by atoms with Crippen LogP contribution in [0.2, 0.25) is 0 Å². The molecule has 4 aromatic rings. The molecule has 0 aliphatic heterocycles.